The summed E-state index contributed by atoms with van der Waals surface area (Å²) in [5, 5.41) is 5.12. The monoisotopic (exact) mass is 320 g/mol. The Labute approximate surface area is 129 Å². The molecule has 1 fully saturated rings. The average Bonchev–Trinajstić information content (AvgIpc) is 3.00. The van der Waals surface area contributed by atoms with E-state index in [9.17, 15) is 12.8 Å². The fraction of sp³-hybridized carbons (Fsp3) is 0.312. The Morgan fingerprint density at radius 1 is 1.18 bits per heavy atom. The number of sulfonamides is 1. The molecule has 4 nitrogen and oxygen atoms in total. The lowest BCUT2D eigenvalue weighted by molar-refractivity contribution is 0.592. The van der Waals surface area contributed by atoms with Gasteiger partial charge in [-0.1, -0.05) is 18.9 Å². The molecule has 0 atom stereocenters. The van der Waals surface area contributed by atoms with E-state index in [1.54, 1.807) is 6.20 Å². The Morgan fingerprint density at radius 2 is 1.91 bits per heavy atom. The molecule has 2 aromatic rings. The van der Waals surface area contributed by atoms with Crippen LogP contribution in [-0.4, -0.2) is 13.4 Å². The van der Waals surface area contributed by atoms with E-state index in [1.807, 2.05) is 12.1 Å². The molecule has 116 valence electrons. The fourth-order valence-corrected chi connectivity index (χ4v) is 3.66. The lowest BCUT2D eigenvalue weighted by atomic mass is 9.93. The van der Waals surface area contributed by atoms with Crippen molar-refractivity contribution in [2.45, 2.75) is 36.5 Å². The van der Waals surface area contributed by atoms with Crippen LogP contribution in [-0.2, 0) is 10.0 Å². The zero-order chi connectivity index (χ0) is 15.7. The quantitative estimate of drug-likeness (QED) is 0.944. The van der Waals surface area contributed by atoms with Crippen molar-refractivity contribution in [3.8, 4) is 11.3 Å². The van der Waals surface area contributed by atoms with Gasteiger partial charge >= 0.3 is 0 Å². The van der Waals surface area contributed by atoms with Crippen LogP contribution in [0.15, 0.2) is 41.4 Å². The van der Waals surface area contributed by atoms with Gasteiger partial charge in [-0.3, -0.25) is 4.98 Å². The number of benzene rings is 1. The number of nitrogens with zero attached hydrogens (tertiary/aromatic N) is 1. The molecule has 0 unspecified atom stereocenters. The highest BCUT2D eigenvalue weighted by Gasteiger charge is 2.22. The zero-order valence-electron chi connectivity index (χ0n) is 12.0. The molecule has 0 saturated heterocycles. The summed E-state index contributed by atoms with van der Waals surface area (Å²) in [7, 11) is -3.96. The third kappa shape index (κ3) is 3.03. The molecule has 1 heterocycles. The summed E-state index contributed by atoms with van der Waals surface area (Å²) < 4.78 is 36.8. The molecule has 0 amide bonds. The molecule has 1 saturated carbocycles. The first-order valence-electron chi connectivity index (χ1n) is 7.24. The molecule has 1 aromatic carbocycles. The molecule has 1 aliphatic rings. The maximum absolute atomic E-state index is 13.8. The second-order valence-electron chi connectivity index (χ2n) is 5.64. The number of hydrogen-bond acceptors (Lipinski definition) is 3. The standard InChI is InChI=1S/C16H17FN2O2S/c17-13-8-12(9-14(10-13)22(18,20)21)16-15(6-3-7-19-16)11-4-1-2-5-11/h3,6-11H,1-2,4-5H2,(H2,18,20,21). The van der Waals surface area contributed by atoms with Crippen LogP contribution in [0.1, 0.15) is 37.2 Å². The van der Waals surface area contributed by atoms with Crippen molar-refractivity contribution in [3.63, 3.8) is 0 Å². The third-order valence-electron chi connectivity index (χ3n) is 4.11. The normalized spacial score (nSPS) is 16.1. The van der Waals surface area contributed by atoms with Crippen LogP contribution >= 0.6 is 0 Å². The van der Waals surface area contributed by atoms with Gasteiger partial charge < -0.3 is 0 Å². The van der Waals surface area contributed by atoms with Crippen LogP contribution in [0.25, 0.3) is 11.3 Å². The SMILES string of the molecule is NS(=O)(=O)c1cc(F)cc(-c2ncccc2C2CCCC2)c1. The first-order valence-corrected chi connectivity index (χ1v) is 8.78. The minimum absolute atomic E-state index is 0.231. The van der Waals surface area contributed by atoms with E-state index in [2.05, 4.69) is 4.98 Å². The van der Waals surface area contributed by atoms with Gasteiger partial charge in [0.2, 0.25) is 10.0 Å². The number of nitrogens with two attached hydrogens (primary N) is 1. The molecule has 1 aromatic heterocycles. The number of hydrogen-bond donors (Lipinski definition) is 1. The smallest absolute Gasteiger partial charge is 0.238 e. The summed E-state index contributed by atoms with van der Waals surface area (Å²) in [6, 6.07) is 7.46. The van der Waals surface area contributed by atoms with Crippen LogP contribution < -0.4 is 5.14 Å². The predicted molar refractivity (Wildman–Crippen MR) is 82.2 cm³/mol. The van der Waals surface area contributed by atoms with E-state index in [4.69, 9.17) is 5.14 Å². The number of rotatable bonds is 3. The van der Waals surface area contributed by atoms with Gasteiger partial charge in [-0.15, -0.1) is 0 Å². The van der Waals surface area contributed by atoms with Gasteiger partial charge in [-0.25, -0.2) is 17.9 Å². The lowest BCUT2D eigenvalue weighted by Crippen LogP contribution is -2.12. The third-order valence-corrected chi connectivity index (χ3v) is 5.00. The molecule has 6 heteroatoms. The number of pyridine rings is 1. The van der Waals surface area contributed by atoms with Gasteiger partial charge in [0.25, 0.3) is 0 Å². The average molecular weight is 320 g/mol. The first-order chi connectivity index (χ1) is 10.4. The van der Waals surface area contributed by atoms with E-state index in [-0.39, 0.29) is 4.90 Å². The summed E-state index contributed by atoms with van der Waals surface area (Å²) in [6.45, 7) is 0. The fourth-order valence-electron chi connectivity index (χ4n) is 3.09. The van der Waals surface area contributed by atoms with Crippen molar-refractivity contribution in [2.75, 3.05) is 0 Å². The molecular weight excluding hydrogens is 303 g/mol. The molecular formula is C16H17FN2O2S. The Bertz CT molecular complexity index is 800. The van der Waals surface area contributed by atoms with Crippen molar-refractivity contribution < 1.29 is 12.8 Å². The largest absolute Gasteiger partial charge is 0.256 e. The van der Waals surface area contributed by atoms with Crippen molar-refractivity contribution in [1.29, 1.82) is 0 Å². The maximum Gasteiger partial charge on any atom is 0.238 e. The summed E-state index contributed by atoms with van der Waals surface area (Å²) in [4.78, 5) is 4.12. The van der Waals surface area contributed by atoms with Gasteiger partial charge in [0.15, 0.2) is 0 Å². The number of halogens is 1. The molecule has 0 bridgehead atoms. The molecule has 0 radical (unpaired) electrons. The van der Waals surface area contributed by atoms with Crippen LogP contribution in [0.2, 0.25) is 0 Å². The van der Waals surface area contributed by atoms with Crippen molar-refractivity contribution >= 4 is 10.0 Å². The Hall–Kier alpha value is -1.79. The Kier molecular flexibility index (Phi) is 3.97. The van der Waals surface area contributed by atoms with E-state index in [0.717, 1.165) is 24.5 Å². The topological polar surface area (TPSA) is 73.1 Å². The van der Waals surface area contributed by atoms with Gasteiger partial charge in [0, 0.05) is 11.8 Å². The highest BCUT2D eigenvalue weighted by Crippen LogP contribution is 2.38. The highest BCUT2D eigenvalue weighted by molar-refractivity contribution is 7.89. The zero-order valence-corrected chi connectivity index (χ0v) is 12.8. The second-order valence-corrected chi connectivity index (χ2v) is 7.20. The summed E-state index contributed by atoms with van der Waals surface area (Å²) >= 11 is 0. The minimum Gasteiger partial charge on any atom is -0.256 e. The van der Waals surface area contributed by atoms with Gasteiger partial charge in [-0.2, -0.15) is 0 Å². The van der Waals surface area contributed by atoms with Crippen LogP contribution in [0.5, 0.6) is 0 Å². The predicted octanol–water partition coefficient (Wildman–Crippen LogP) is 3.19. The molecule has 0 spiro atoms. The molecule has 0 aliphatic heterocycles. The molecule has 22 heavy (non-hydrogen) atoms. The molecule has 1 aliphatic carbocycles. The van der Waals surface area contributed by atoms with Crippen molar-refractivity contribution in [1.82, 2.24) is 4.98 Å². The lowest BCUT2D eigenvalue weighted by Gasteiger charge is -2.15. The van der Waals surface area contributed by atoms with Crippen molar-refractivity contribution in [3.05, 3.63) is 47.9 Å². The highest BCUT2D eigenvalue weighted by atomic mass is 32.2. The second kappa shape index (κ2) is 5.78. The van der Waals surface area contributed by atoms with Crippen LogP contribution in [0.3, 0.4) is 0 Å². The summed E-state index contributed by atoms with van der Waals surface area (Å²) in [5.74, 6) is -0.241. The van der Waals surface area contributed by atoms with Crippen LogP contribution in [0.4, 0.5) is 4.39 Å². The van der Waals surface area contributed by atoms with E-state index in [1.165, 1.54) is 25.0 Å². The van der Waals surface area contributed by atoms with E-state index >= 15 is 0 Å². The van der Waals surface area contributed by atoms with E-state index < -0.39 is 15.8 Å². The van der Waals surface area contributed by atoms with Gasteiger partial charge in [0.05, 0.1) is 10.6 Å². The Balaban J connectivity index is 2.14. The number of aromatic nitrogens is 1. The van der Waals surface area contributed by atoms with Crippen molar-refractivity contribution in [2.24, 2.45) is 5.14 Å². The van der Waals surface area contributed by atoms with Gasteiger partial charge in [-0.05, 0) is 48.6 Å². The molecule has 3 rings (SSSR count). The molecule has 2 N–H and O–H groups in total. The van der Waals surface area contributed by atoms with E-state index in [0.29, 0.717) is 17.2 Å². The summed E-state index contributed by atoms with van der Waals surface area (Å²) in [6.07, 6.45) is 6.14. The first kappa shape index (κ1) is 15.1. The minimum atomic E-state index is -3.96. The van der Waals surface area contributed by atoms with Gasteiger partial charge in [0.1, 0.15) is 5.82 Å². The Morgan fingerprint density at radius 3 is 2.59 bits per heavy atom. The van der Waals surface area contributed by atoms with Crippen LogP contribution in [0, 0.1) is 5.82 Å². The summed E-state index contributed by atoms with van der Waals surface area (Å²) in [5.41, 5.74) is 2.14. The maximum atomic E-state index is 13.8. The number of primary sulfonamides is 1.